The summed E-state index contributed by atoms with van der Waals surface area (Å²) in [4.78, 5) is 2.40. The summed E-state index contributed by atoms with van der Waals surface area (Å²) in [6, 6.07) is 8.45. The SMILES string of the molecule is CN(CCC1(CN)CCC1)Cc1ccccc1Br. The van der Waals surface area contributed by atoms with Crippen LogP contribution in [0.15, 0.2) is 28.7 Å². The van der Waals surface area contributed by atoms with E-state index >= 15 is 0 Å². The molecule has 1 fully saturated rings. The Morgan fingerprint density at radius 2 is 2.06 bits per heavy atom. The molecule has 2 rings (SSSR count). The molecule has 1 aromatic carbocycles. The van der Waals surface area contributed by atoms with E-state index in [0.717, 1.165) is 19.6 Å². The van der Waals surface area contributed by atoms with Gasteiger partial charge < -0.3 is 10.6 Å². The first-order chi connectivity index (χ1) is 8.65. The van der Waals surface area contributed by atoms with Crippen LogP contribution in [-0.4, -0.2) is 25.0 Å². The third-order valence-electron chi connectivity index (χ3n) is 4.27. The van der Waals surface area contributed by atoms with Gasteiger partial charge in [-0.3, -0.25) is 0 Å². The lowest BCUT2D eigenvalue weighted by atomic mass is 9.66. The molecule has 0 unspecified atom stereocenters. The van der Waals surface area contributed by atoms with E-state index < -0.39 is 0 Å². The fraction of sp³-hybridized carbons (Fsp3) is 0.600. The largest absolute Gasteiger partial charge is 0.330 e. The van der Waals surface area contributed by atoms with Gasteiger partial charge in [0.25, 0.3) is 0 Å². The Morgan fingerprint density at radius 1 is 1.33 bits per heavy atom. The second-order valence-corrected chi connectivity index (χ2v) is 6.49. The van der Waals surface area contributed by atoms with Gasteiger partial charge in [0.2, 0.25) is 0 Å². The average Bonchev–Trinajstić information content (AvgIpc) is 2.31. The Kier molecular flexibility index (Phi) is 4.82. The summed E-state index contributed by atoms with van der Waals surface area (Å²) in [5, 5.41) is 0. The van der Waals surface area contributed by atoms with Crippen LogP contribution in [0.4, 0.5) is 0 Å². The zero-order chi connectivity index (χ0) is 13.0. The normalized spacial score (nSPS) is 17.8. The van der Waals surface area contributed by atoms with Crippen LogP contribution < -0.4 is 5.73 Å². The minimum absolute atomic E-state index is 0.460. The van der Waals surface area contributed by atoms with E-state index in [0.29, 0.717) is 5.41 Å². The van der Waals surface area contributed by atoms with Crippen LogP contribution in [-0.2, 0) is 6.54 Å². The maximum atomic E-state index is 5.91. The zero-order valence-electron chi connectivity index (χ0n) is 11.2. The highest BCUT2D eigenvalue weighted by atomic mass is 79.9. The quantitative estimate of drug-likeness (QED) is 0.872. The van der Waals surface area contributed by atoms with Crippen LogP contribution in [0.5, 0.6) is 0 Å². The second kappa shape index (κ2) is 6.18. The fourth-order valence-electron chi connectivity index (χ4n) is 2.66. The van der Waals surface area contributed by atoms with Crippen LogP contribution in [0.3, 0.4) is 0 Å². The standard InChI is InChI=1S/C15H23BrN2/c1-18(10-9-15(12-17)7-4-8-15)11-13-5-2-3-6-14(13)16/h2-3,5-6H,4,7-12,17H2,1H3. The first kappa shape index (κ1) is 14.0. The summed E-state index contributed by atoms with van der Waals surface area (Å²) < 4.78 is 1.20. The number of halogens is 1. The van der Waals surface area contributed by atoms with Gasteiger partial charge in [-0.2, -0.15) is 0 Å². The third kappa shape index (κ3) is 3.34. The Balaban J connectivity index is 1.82. The zero-order valence-corrected chi connectivity index (χ0v) is 12.7. The number of hydrogen-bond acceptors (Lipinski definition) is 2. The smallest absolute Gasteiger partial charge is 0.0241 e. The second-order valence-electron chi connectivity index (χ2n) is 5.64. The van der Waals surface area contributed by atoms with Crippen LogP contribution in [0.1, 0.15) is 31.2 Å². The van der Waals surface area contributed by atoms with E-state index in [9.17, 15) is 0 Å². The molecule has 100 valence electrons. The van der Waals surface area contributed by atoms with E-state index in [-0.39, 0.29) is 0 Å². The number of nitrogens with two attached hydrogens (primary N) is 1. The van der Waals surface area contributed by atoms with Crippen molar-refractivity contribution in [1.29, 1.82) is 0 Å². The fourth-order valence-corrected chi connectivity index (χ4v) is 3.07. The first-order valence-corrected chi connectivity index (χ1v) is 7.57. The molecule has 0 spiro atoms. The lowest BCUT2D eigenvalue weighted by Gasteiger charge is -2.42. The summed E-state index contributed by atoms with van der Waals surface area (Å²) in [6.07, 6.45) is 5.26. The monoisotopic (exact) mass is 310 g/mol. The maximum absolute atomic E-state index is 5.91. The topological polar surface area (TPSA) is 29.3 Å². The number of rotatable bonds is 6. The highest BCUT2D eigenvalue weighted by Crippen LogP contribution is 2.42. The van der Waals surface area contributed by atoms with Crippen LogP contribution in [0.2, 0.25) is 0 Å². The molecule has 0 aliphatic heterocycles. The lowest BCUT2D eigenvalue weighted by Crippen LogP contribution is -2.39. The molecule has 0 amide bonds. The van der Waals surface area contributed by atoms with Crippen LogP contribution in [0.25, 0.3) is 0 Å². The Bertz CT molecular complexity index is 382. The predicted octanol–water partition coefficient (Wildman–Crippen LogP) is 3.40. The van der Waals surface area contributed by atoms with Gasteiger partial charge in [0.15, 0.2) is 0 Å². The van der Waals surface area contributed by atoms with E-state index in [1.807, 2.05) is 0 Å². The molecular weight excluding hydrogens is 288 g/mol. The number of benzene rings is 1. The van der Waals surface area contributed by atoms with Gasteiger partial charge in [0, 0.05) is 11.0 Å². The summed E-state index contributed by atoms with van der Waals surface area (Å²) in [5.41, 5.74) is 7.72. The number of hydrogen-bond donors (Lipinski definition) is 1. The predicted molar refractivity (Wildman–Crippen MR) is 80.4 cm³/mol. The summed E-state index contributed by atoms with van der Waals surface area (Å²) in [5.74, 6) is 0. The molecule has 18 heavy (non-hydrogen) atoms. The molecule has 2 nitrogen and oxygen atoms in total. The molecule has 1 aliphatic rings. The molecule has 1 saturated carbocycles. The first-order valence-electron chi connectivity index (χ1n) is 6.77. The van der Waals surface area contributed by atoms with Gasteiger partial charge in [0.1, 0.15) is 0 Å². The molecule has 0 atom stereocenters. The molecule has 2 N–H and O–H groups in total. The van der Waals surface area contributed by atoms with Crippen molar-refractivity contribution in [2.24, 2.45) is 11.1 Å². The van der Waals surface area contributed by atoms with Gasteiger partial charge in [0.05, 0.1) is 0 Å². The lowest BCUT2D eigenvalue weighted by molar-refractivity contribution is 0.111. The minimum atomic E-state index is 0.460. The van der Waals surface area contributed by atoms with Crippen molar-refractivity contribution in [2.75, 3.05) is 20.1 Å². The van der Waals surface area contributed by atoms with Crippen LogP contribution in [0, 0.1) is 5.41 Å². The van der Waals surface area contributed by atoms with Crippen LogP contribution >= 0.6 is 15.9 Å². The summed E-state index contributed by atoms with van der Waals surface area (Å²) in [6.45, 7) is 3.00. The minimum Gasteiger partial charge on any atom is -0.330 e. The Hall–Kier alpha value is -0.380. The number of nitrogens with zero attached hydrogens (tertiary/aromatic N) is 1. The molecule has 0 saturated heterocycles. The summed E-state index contributed by atoms with van der Waals surface area (Å²) in [7, 11) is 2.20. The van der Waals surface area contributed by atoms with Crippen molar-refractivity contribution in [3.8, 4) is 0 Å². The Labute approximate surface area is 119 Å². The third-order valence-corrected chi connectivity index (χ3v) is 5.04. The molecule has 1 aliphatic carbocycles. The van der Waals surface area contributed by atoms with Gasteiger partial charge in [-0.05, 0) is 56.4 Å². The van der Waals surface area contributed by atoms with Gasteiger partial charge >= 0.3 is 0 Å². The molecule has 1 aromatic rings. The molecule has 0 aromatic heterocycles. The van der Waals surface area contributed by atoms with E-state index in [1.165, 1.54) is 35.7 Å². The summed E-state index contributed by atoms with van der Waals surface area (Å²) >= 11 is 3.61. The van der Waals surface area contributed by atoms with Crippen molar-refractivity contribution < 1.29 is 0 Å². The maximum Gasteiger partial charge on any atom is 0.0241 e. The van der Waals surface area contributed by atoms with Crippen molar-refractivity contribution in [2.45, 2.75) is 32.2 Å². The van der Waals surface area contributed by atoms with Gasteiger partial charge in [-0.15, -0.1) is 0 Å². The van der Waals surface area contributed by atoms with Crippen molar-refractivity contribution >= 4 is 15.9 Å². The molecule has 3 heteroatoms. The van der Waals surface area contributed by atoms with E-state index in [4.69, 9.17) is 5.73 Å². The highest BCUT2D eigenvalue weighted by Gasteiger charge is 2.35. The molecule has 0 bridgehead atoms. The molecular formula is C15H23BrN2. The average molecular weight is 311 g/mol. The van der Waals surface area contributed by atoms with E-state index in [1.54, 1.807) is 0 Å². The van der Waals surface area contributed by atoms with Crippen molar-refractivity contribution in [3.05, 3.63) is 34.3 Å². The van der Waals surface area contributed by atoms with Gasteiger partial charge in [-0.1, -0.05) is 40.5 Å². The van der Waals surface area contributed by atoms with Crippen molar-refractivity contribution in [3.63, 3.8) is 0 Å². The van der Waals surface area contributed by atoms with Gasteiger partial charge in [-0.25, -0.2) is 0 Å². The van der Waals surface area contributed by atoms with E-state index in [2.05, 4.69) is 52.1 Å². The molecule has 0 radical (unpaired) electrons. The highest BCUT2D eigenvalue weighted by molar-refractivity contribution is 9.10. The van der Waals surface area contributed by atoms with Crippen molar-refractivity contribution in [1.82, 2.24) is 4.90 Å². The Morgan fingerprint density at radius 3 is 2.61 bits per heavy atom. The molecule has 0 heterocycles.